The van der Waals surface area contributed by atoms with E-state index in [0.29, 0.717) is 50.7 Å². The van der Waals surface area contributed by atoms with Crippen molar-refractivity contribution in [3.8, 4) is 0 Å². The maximum absolute atomic E-state index is 12.9. The van der Waals surface area contributed by atoms with Crippen molar-refractivity contribution in [3.63, 3.8) is 0 Å². The second kappa shape index (κ2) is 8.00. The smallest absolute Gasteiger partial charge is 0.266 e. The lowest BCUT2D eigenvalue weighted by atomic mass is 9.92. The number of aryl methyl sites for hydroxylation is 2. The Labute approximate surface area is 171 Å². The van der Waals surface area contributed by atoms with Crippen molar-refractivity contribution in [2.45, 2.75) is 51.5 Å². The number of piperazine rings is 1. The normalized spacial score (nSPS) is 17.0. The summed E-state index contributed by atoms with van der Waals surface area (Å²) in [7, 11) is -3.55. The predicted molar refractivity (Wildman–Crippen MR) is 110 cm³/mol. The second-order valence-electron chi connectivity index (χ2n) is 8.54. The van der Waals surface area contributed by atoms with Gasteiger partial charge in [0, 0.05) is 44.2 Å². The summed E-state index contributed by atoms with van der Waals surface area (Å²) in [4.78, 5) is 14.6. The second-order valence-corrected chi connectivity index (χ2v) is 10.4. The van der Waals surface area contributed by atoms with Gasteiger partial charge in [-0.2, -0.15) is 14.5 Å². The highest BCUT2D eigenvalue weighted by Gasteiger charge is 2.32. The lowest BCUT2D eigenvalue weighted by Gasteiger charge is -2.34. The van der Waals surface area contributed by atoms with E-state index < -0.39 is 10.0 Å². The molecular formula is C19H30N6O3S. The highest BCUT2D eigenvalue weighted by molar-refractivity contribution is 7.89. The van der Waals surface area contributed by atoms with Gasteiger partial charge in [0.25, 0.3) is 5.56 Å². The molecule has 0 aromatic carbocycles. The van der Waals surface area contributed by atoms with Gasteiger partial charge in [-0.05, 0) is 19.9 Å². The SMILES string of the molecule is Cc1n[nH]c(C)c1S(=O)(=O)N1CCN(CCn2nc(C(C)(C)C)ccc2=O)CC1. The molecule has 10 heteroatoms. The molecule has 160 valence electrons. The molecule has 1 saturated heterocycles. The first-order chi connectivity index (χ1) is 13.5. The Kier molecular flexibility index (Phi) is 5.98. The lowest BCUT2D eigenvalue weighted by Crippen LogP contribution is -2.49. The monoisotopic (exact) mass is 422 g/mol. The summed E-state index contributed by atoms with van der Waals surface area (Å²) in [5, 5.41) is 11.2. The van der Waals surface area contributed by atoms with E-state index in [-0.39, 0.29) is 15.9 Å². The van der Waals surface area contributed by atoms with Crippen LogP contribution in [0, 0.1) is 13.8 Å². The van der Waals surface area contributed by atoms with Crippen LogP contribution in [0.3, 0.4) is 0 Å². The van der Waals surface area contributed by atoms with Gasteiger partial charge < -0.3 is 0 Å². The van der Waals surface area contributed by atoms with Crippen molar-refractivity contribution >= 4 is 10.0 Å². The number of nitrogens with zero attached hydrogens (tertiary/aromatic N) is 5. The van der Waals surface area contributed by atoms with Gasteiger partial charge in [-0.1, -0.05) is 20.8 Å². The molecule has 0 aliphatic carbocycles. The zero-order valence-corrected chi connectivity index (χ0v) is 18.6. The largest absolute Gasteiger partial charge is 0.299 e. The molecule has 1 N–H and O–H groups in total. The van der Waals surface area contributed by atoms with Crippen LogP contribution in [0.15, 0.2) is 21.8 Å². The molecule has 2 aromatic heterocycles. The van der Waals surface area contributed by atoms with Crippen LogP contribution in [0.2, 0.25) is 0 Å². The molecule has 1 fully saturated rings. The summed E-state index contributed by atoms with van der Waals surface area (Å²) in [5.41, 5.74) is 1.69. The highest BCUT2D eigenvalue weighted by Crippen LogP contribution is 2.22. The van der Waals surface area contributed by atoms with E-state index in [1.54, 1.807) is 26.0 Å². The van der Waals surface area contributed by atoms with Crippen LogP contribution in [0.5, 0.6) is 0 Å². The molecule has 0 spiro atoms. The number of aromatic amines is 1. The van der Waals surface area contributed by atoms with Gasteiger partial charge in [0.15, 0.2) is 0 Å². The Balaban J connectivity index is 1.62. The van der Waals surface area contributed by atoms with Crippen molar-refractivity contribution in [3.05, 3.63) is 39.6 Å². The first-order valence-electron chi connectivity index (χ1n) is 9.83. The van der Waals surface area contributed by atoms with E-state index in [1.165, 1.54) is 8.99 Å². The molecule has 0 unspecified atom stereocenters. The molecule has 0 atom stereocenters. The Hall–Kier alpha value is -2.04. The summed E-state index contributed by atoms with van der Waals surface area (Å²) in [6, 6.07) is 3.34. The Bertz CT molecular complexity index is 1010. The minimum atomic E-state index is -3.55. The predicted octanol–water partition coefficient (Wildman–Crippen LogP) is 0.887. The number of aromatic nitrogens is 4. The van der Waals surface area contributed by atoms with E-state index >= 15 is 0 Å². The van der Waals surface area contributed by atoms with Crippen LogP contribution in [-0.4, -0.2) is 70.3 Å². The number of nitrogens with one attached hydrogen (secondary N) is 1. The molecule has 3 rings (SSSR count). The van der Waals surface area contributed by atoms with Crippen molar-refractivity contribution in [1.29, 1.82) is 0 Å². The fraction of sp³-hybridized carbons (Fsp3) is 0.632. The fourth-order valence-corrected chi connectivity index (χ4v) is 5.24. The maximum Gasteiger partial charge on any atom is 0.266 e. The van der Waals surface area contributed by atoms with Crippen LogP contribution < -0.4 is 5.56 Å². The molecule has 3 heterocycles. The van der Waals surface area contributed by atoms with Gasteiger partial charge in [0.05, 0.1) is 23.6 Å². The molecule has 9 nitrogen and oxygen atoms in total. The summed E-state index contributed by atoms with van der Waals surface area (Å²) < 4.78 is 28.9. The molecule has 1 aliphatic rings. The number of hydrogen-bond donors (Lipinski definition) is 1. The Morgan fingerprint density at radius 2 is 1.72 bits per heavy atom. The summed E-state index contributed by atoms with van der Waals surface area (Å²) in [5.74, 6) is 0. The molecule has 0 radical (unpaired) electrons. The van der Waals surface area contributed by atoms with Crippen LogP contribution in [0.4, 0.5) is 0 Å². The van der Waals surface area contributed by atoms with Crippen molar-refractivity contribution in [1.82, 2.24) is 29.2 Å². The van der Waals surface area contributed by atoms with Crippen molar-refractivity contribution in [2.24, 2.45) is 0 Å². The van der Waals surface area contributed by atoms with E-state index in [9.17, 15) is 13.2 Å². The van der Waals surface area contributed by atoms with Crippen LogP contribution in [0.1, 0.15) is 37.9 Å². The quantitative estimate of drug-likeness (QED) is 0.767. The number of H-pyrrole nitrogens is 1. The third-order valence-electron chi connectivity index (χ3n) is 5.25. The van der Waals surface area contributed by atoms with E-state index in [2.05, 4.69) is 41.0 Å². The van der Waals surface area contributed by atoms with Gasteiger partial charge in [-0.15, -0.1) is 0 Å². The Morgan fingerprint density at radius 1 is 1.07 bits per heavy atom. The van der Waals surface area contributed by atoms with Crippen LogP contribution in [-0.2, 0) is 22.0 Å². The Morgan fingerprint density at radius 3 is 2.28 bits per heavy atom. The molecule has 0 amide bonds. The molecule has 0 saturated carbocycles. The average Bonchev–Trinajstić information content (AvgIpc) is 2.99. The third kappa shape index (κ3) is 4.59. The van der Waals surface area contributed by atoms with E-state index in [4.69, 9.17) is 0 Å². The van der Waals surface area contributed by atoms with E-state index in [0.717, 1.165) is 5.69 Å². The summed E-state index contributed by atoms with van der Waals surface area (Å²) in [6.45, 7) is 12.8. The van der Waals surface area contributed by atoms with Gasteiger partial charge in [0.1, 0.15) is 4.90 Å². The van der Waals surface area contributed by atoms with Gasteiger partial charge in [-0.3, -0.25) is 14.8 Å². The molecule has 0 bridgehead atoms. The van der Waals surface area contributed by atoms with E-state index in [1.807, 2.05) is 0 Å². The molecular weight excluding hydrogens is 392 g/mol. The third-order valence-corrected chi connectivity index (χ3v) is 7.42. The molecule has 1 aliphatic heterocycles. The van der Waals surface area contributed by atoms with Gasteiger partial charge in [0.2, 0.25) is 10.0 Å². The van der Waals surface area contributed by atoms with Gasteiger partial charge >= 0.3 is 0 Å². The summed E-state index contributed by atoms with van der Waals surface area (Å²) >= 11 is 0. The number of rotatable bonds is 5. The van der Waals surface area contributed by atoms with Crippen LogP contribution >= 0.6 is 0 Å². The lowest BCUT2D eigenvalue weighted by molar-refractivity contribution is 0.179. The van der Waals surface area contributed by atoms with Crippen molar-refractivity contribution in [2.75, 3.05) is 32.7 Å². The zero-order valence-electron chi connectivity index (χ0n) is 17.8. The average molecular weight is 423 g/mol. The standard InChI is InChI=1S/C19H30N6O3S/c1-14-18(15(2)21-20-14)29(27,28)24-11-8-23(9-12-24)10-13-25-17(26)7-6-16(22-25)19(3,4)5/h6-7H,8-13H2,1-5H3,(H,20,21). The maximum atomic E-state index is 12.9. The summed E-state index contributed by atoms with van der Waals surface area (Å²) in [6.07, 6.45) is 0. The number of hydrogen-bond acceptors (Lipinski definition) is 6. The zero-order chi connectivity index (χ0) is 21.4. The van der Waals surface area contributed by atoms with Crippen molar-refractivity contribution < 1.29 is 8.42 Å². The topological polar surface area (TPSA) is 104 Å². The number of sulfonamides is 1. The molecule has 29 heavy (non-hydrogen) atoms. The molecule has 2 aromatic rings. The minimum Gasteiger partial charge on any atom is -0.299 e. The van der Waals surface area contributed by atoms with Gasteiger partial charge in [-0.25, -0.2) is 13.1 Å². The highest BCUT2D eigenvalue weighted by atomic mass is 32.2. The minimum absolute atomic E-state index is 0.120. The van der Waals surface area contributed by atoms with Crippen LogP contribution in [0.25, 0.3) is 0 Å². The first-order valence-corrected chi connectivity index (χ1v) is 11.3. The fourth-order valence-electron chi connectivity index (χ4n) is 3.49. The first kappa shape index (κ1) is 21.7.